The molecule has 0 aromatic heterocycles. The highest BCUT2D eigenvalue weighted by Crippen LogP contribution is 2.30. The van der Waals surface area contributed by atoms with Crippen molar-refractivity contribution in [3.63, 3.8) is 0 Å². The van der Waals surface area contributed by atoms with E-state index in [9.17, 15) is 18.0 Å². The summed E-state index contributed by atoms with van der Waals surface area (Å²) in [5, 5.41) is 6.89. The average molecular weight is 467 g/mol. The van der Waals surface area contributed by atoms with E-state index in [4.69, 9.17) is 16.3 Å². The van der Waals surface area contributed by atoms with Crippen LogP contribution in [0.25, 0.3) is 0 Å². The molecule has 9 nitrogen and oxygen atoms in total. The van der Waals surface area contributed by atoms with Crippen molar-refractivity contribution in [3.05, 3.63) is 53.1 Å². The lowest BCUT2D eigenvalue weighted by Gasteiger charge is -2.22. The summed E-state index contributed by atoms with van der Waals surface area (Å²) >= 11 is 6.08. The Hall–Kier alpha value is -3.11. The summed E-state index contributed by atoms with van der Waals surface area (Å²) in [6, 6.07) is 11.3. The van der Waals surface area contributed by atoms with Gasteiger partial charge in [-0.25, -0.2) is 13.8 Å². The van der Waals surface area contributed by atoms with Crippen LogP contribution in [0.1, 0.15) is 19.4 Å². The third-order valence-corrected chi connectivity index (χ3v) is 5.52. The summed E-state index contributed by atoms with van der Waals surface area (Å²) in [6.45, 7) is 2.61. The smallest absolute Gasteiger partial charge is 0.260 e. The number of hydrazone groups is 1. The van der Waals surface area contributed by atoms with Crippen molar-refractivity contribution < 1.29 is 22.7 Å². The van der Waals surface area contributed by atoms with E-state index < -0.39 is 22.5 Å². The van der Waals surface area contributed by atoms with Crippen molar-refractivity contribution >= 4 is 50.5 Å². The quantitative estimate of drug-likeness (QED) is 0.458. The Morgan fingerprint density at radius 2 is 1.77 bits per heavy atom. The molecule has 2 amide bonds. The van der Waals surface area contributed by atoms with Gasteiger partial charge in [0.05, 0.1) is 29.8 Å². The van der Waals surface area contributed by atoms with Gasteiger partial charge in [0.1, 0.15) is 12.3 Å². The van der Waals surface area contributed by atoms with Crippen LogP contribution in [0, 0.1) is 0 Å². The van der Waals surface area contributed by atoms with E-state index in [2.05, 4.69) is 15.8 Å². The largest absolute Gasteiger partial charge is 0.495 e. The number of nitrogens with zero attached hydrogens (tertiary/aromatic N) is 2. The zero-order valence-electron chi connectivity index (χ0n) is 17.5. The maximum atomic E-state index is 12.4. The van der Waals surface area contributed by atoms with Gasteiger partial charge in [0.25, 0.3) is 5.91 Å². The lowest BCUT2D eigenvalue weighted by atomic mass is 10.1. The van der Waals surface area contributed by atoms with E-state index in [0.29, 0.717) is 17.1 Å². The van der Waals surface area contributed by atoms with Crippen LogP contribution in [-0.4, -0.2) is 45.9 Å². The number of rotatable bonds is 8. The number of benzene rings is 2. The van der Waals surface area contributed by atoms with Gasteiger partial charge in [-0.15, -0.1) is 0 Å². The maximum Gasteiger partial charge on any atom is 0.260 e. The summed E-state index contributed by atoms with van der Waals surface area (Å²) in [5.41, 5.74) is 4.43. The molecule has 2 aromatic rings. The van der Waals surface area contributed by atoms with Gasteiger partial charge in [0.2, 0.25) is 15.9 Å². The van der Waals surface area contributed by atoms with Gasteiger partial charge in [-0.3, -0.25) is 13.9 Å². The number of nitrogens with one attached hydrogen (secondary N) is 2. The number of amides is 2. The predicted octanol–water partition coefficient (Wildman–Crippen LogP) is 2.61. The van der Waals surface area contributed by atoms with Crippen LogP contribution in [0.5, 0.6) is 5.75 Å². The van der Waals surface area contributed by atoms with Crippen molar-refractivity contribution in [3.8, 4) is 5.75 Å². The first-order chi connectivity index (χ1) is 14.5. The van der Waals surface area contributed by atoms with Crippen LogP contribution < -0.4 is 19.8 Å². The summed E-state index contributed by atoms with van der Waals surface area (Å²) in [5.74, 6) is -0.432. The fraction of sp³-hybridized carbons (Fsp3) is 0.250. The van der Waals surface area contributed by atoms with Crippen LogP contribution in [0.2, 0.25) is 5.02 Å². The lowest BCUT2D eigenvalue weighted by Crippen LogP contribution is -2.39. The number of anilines is 2. The molecule has 0 aliphatic carbocycles. The van der Waals surface area contributed by atoms with Gasteiger partial charge >= 0.3 is 0 Å². The highest BCUT2D eigenvalue weighted by atomic mass is 35.5. The Morgan fingerprint density at radius 1 is 1.13 bits per heavy atom. The number of halogens is 1. The van der Waals surface area contributed by atoms with Crippen molar-refractivity contribution in [2.24, 2.45) is 5.10 Å². The average Bonchev–Trinajstić information content (AvgIpc) is 2.69. The fourth-order valence-corrected chi connectivity index (χ4v) is 3.69. The van der Waals surface area contributed by atoms with Gasteiger partial charge in [0.15, 0.2) is 0 Å². The molecule has 2 aromatic carbocycles. The van der Waals surface area contributed by atoms with E-state index in [1.54, 1.807) is 31.2 Å². The molecule has 2 rings (SSSR count). The minimum Gasteiger partial charge on any atom is -0.495 e. The van der Waals surface area contributed by atoms with Crippen LogP contribution >= 0.6 is 11.6 Å². The van der Waals surface area contributed by atoms with E-state index in [-0.39, 0.29) is 16.6 Å². The van der Waals surface area contributed by atoms with Crippen LogP contribution in [0.15, 0.2) is 47.6 Å². The first kappa shape index (κ1) is 24.2. The summed E-state index contributed by atoms with van der Waals surface area (Å²) in [4.78, 5) is 23.4. The molecule has 11 heteroatoms. The van der Waals surface area contributed by atoms with E-state index >= 15 is 0 Å². The van der Waals surface area contributed by atoms with Crippen molar-refractivity contribution in [1.82, 2.24) is 5.43 Å². The van der Waals surface area contributed by atoms with Crippen LogP contribution in [0.3, 0.4) is 0 Å². The first-order valence-electron chi connectivity index (χ1n) is 9.03. The number of carbonyl (C=O) groups excluding carboxylic acids is 2. The van der Waals surface area contributed by atoms with E-state index in [1.807, 2.05) is 0 Å². The number of ether oxygens (including phenoxy) is 1. The van der Waals surface area contributed by atoms with Crippen LogP contribution in [-0.2, 0) is 19.6 Å². The Balaban J connectivity index is 2.12. The Morgan fingerprint density at radius 3 is 2.29 bits per heavy atom. The first-order valence-corrected chi connectivity index (χ1v) is 11.3. The van der Waals surface area contributed by atoms with Crippen LogP contribution in [0.4, 0.5) is 11.4 Å². The molecule has 0 heterocycles. The summed E-state index contributed by atoms with van der Waals surface area (Å²) in [7, 11) is -2.32. The third kappa shape index (κ3) is 6.97. The summed E-state index contributed by atoms with van der Waals surface area (Å²) < 4.78 is 30.4. The van der Waals surface area contributed by atoms with E-state index in [1.165, 1.54) is 32.2 Å². The van der Waals surface area contributed by atoms with Crippen molar-refractivity contribution in [2.45, 2.75) is 13.8 Å². The molecule has 2 N–H and O–H groups in total. The number of hydrogen-bond donors (Lipinski definition) is 2. The standard InChI is InChI=1S/C20H23ClN4O5S/c1-13(15-5-7-16(8-6-15)22-14(2)26)23-24-20(27)12-25(31(4,28)29)17-9-10-19(30-3)18(21)11-17/h5-11H,12H2,1-4H3,(H,22,26)(H,24,27)/b23-13-. The fourth-order valence-electron chi connectivity index (χ4n) is 2.59. The monoisotopic (exact) mass is 466 g/mol. The minimum atomic E-state index is -3.76. The zero-order chi connectivity index (χ0) is 23.2. The Labute approximate surface area is 186 Å². The second-order valence-electron chi connectivity index (χ2n) is 6.58. The minimum absolute atomic E-state index is 0.181. The number of hydrogen-bond acceptors (Lipinski definition) is 6. The second-order valence-corrected chi connectivity index (χ2v) is 8.89. The molecule has 0 unspecified atom stereocenters. The topological polar surface area (TPSA) is 117 Å². The number of carbonyl (C=O) groups is 2. The molecule has 166 valence electrons. The van der Waals surface area contributed by atoms with Gasteiger partial charge in [-0.1, -0.05) is 23.7 Å². The molecule has 0 radical (unpaired) electrons. The van der Waals surface area contributed by atoms with Gasteiger partial charge in [-0.05, 0) is 42.8 Å². The zero-order valence-corrected chi connectivity index (χ0v) is 19.0. The molecule has 0 aliphatic rings. The predicted molar refractivity (Wildman–Crippen MR) is 121 cm³/mol. The Bertz CT molecular complexity index is 1100. The molecule has 0 atom stereocenters. The van der Waals surface area contributed by atoms with Crippen molar-refractivity contribution in [1.29, 1.82) is 0 Å². The van der Waals surface area contributed by atoms with E-state index in [0.717, 1.165) is 16.1 Å². The third-order valence-electron chi connectivity index (χ3n) is 4.08. The highest BCUT2D eigenvalue weighted by molar-refractivity contribution is 7.92. The molecule has 0 saturated carbocycles. The molecule has 31 heavy (non-hydrogen) atoms. The summed E-state index contributed by atoms with van der Waals surface area (Å²) in [6.07, 6.45) is 0.990. The number of methoxy groups -OCH3 is 1. The second kappa shape index (κ2) is 10.3. The molecule has 0 saturated heterocycles. The molecular weight excluding hydrogens is 444 g/mol. The van der Waals surface area contributed by atoms with Crippen molar-refractivity contribution in [2.75, 3.05) is 29.5 Å². The normalized spacial score (nSPS) is 11.6. The number of sulfonamides is 1. The molecule has 0 spiro atoms. The molecular formula is C20H23ClN4O5S. The lowest BCUT2D eigenvalue weighted by molar-refractivity contribution is -0.119. The van der Waals surface area contributed by atoms with Gasteiger partial charge < -0.3 is 10.1 Å². The molecule has 0 aliphatic heterocycles. The Kier molecular flexibility index (Phi) is 8.01. The highest BCUT2D eigenvalue weighted by Gasteiger charge is 2.21. The van der Waals surface area contributed by atoms with Gasteiger partial charge in [0, 0.05) is 12.6 Å². The maximum absolute atomic E-state index is 12.4. The van der Waals surface area contributed by atoms with Gasteiger partial charge in [-0.2, -0.15) is 5.10 Å². The SMILES string of the molecule is COc1ccc(N(CC(=O)N/N=C(/C)c2ccc(NC(C)=O)cc2)S(C)(=O)=O)cc1Cl. The molecule has 0 bridgehead atoms. The molecule has 0 fully saturated rings.